The van der Waals surface area contributed by atoms with Gasteiger partial charge in [0.05, 0.1) is 0 Å². The Bertz CT molecular complexity index is 1750. The van der Waals surface area contributed by atoms with Gasteiger partial charge in [-0.3, -0.25) is 0 Å². The third-order valence-corrected chi connectivity index (χ3v) is 9.13. The Kier molecular flexibility index (Phi) is 4.63. The topological polar surface area (TPSA) is 35.0 Å². The van der Waals surface area contributed by atoms with Crippen LogP contribution in [-0.4, -0.2) is 0 Å². The van der Waals surface area contributed by atoms with Crippen molar-refractivity contribution in [3.05, 3.63) is 95.7 Å². The molecular formula is C28H19NS3. The van der Waals surface area contributed by atoms with Crippen molar-refractivity contribution in [1.82, 2.24) is 6.15 Å². The summed E-state index contributed by atoms with van der Waals surface area (Å²) in [6.45, 7) is 0. The molecule has 0 aliphatic carbocycles. The molecule has 3 N–H and O–H groups in total. The van der Waals surface area contributed by atoms with E-state index in [2.05, 4.69) is 95.7 Å². The van der Waals surface area contributed by atoms with Crippen LogP contribution in [0.4, 0.5) is 0 Å². The van der Waals surface area contributed by atoms with Gasteiger partial charge in [0, 0.05) is 57.0 Å². The van der Waals surface area contributed by atoms with E-state index < -0.39 is 0 Å². The first-order valence-corrected chi connectivity index (χ1v) is 12.8. The largest absolute Gasteiger partial charge is 0.344 e. The molecule has 32 heavy (non-hydrogen) atoms. The Morgan fingerprint density at radius 2 is 1.00 bits per heavy atom. The zero-order chi connectivity index (χ0) is 20.4. The molecule has 154 valence electrons. The minimum Gasteiger partial charge on any atom is -0.344 e. The molecule has 0 radical (unpaired) electrons. The Morgan fingerprint density at radius 3 is 1.72 bits per heavy atom. The molecule has 0 aliphatic rings. The van der Waals surface area contributed by atoms with Crippen LogP contribution in [-0.2, 0) is 0 Å². The molecule has 1 nitrogen and oxygen atoms in total. The summed E-state index contributed by atoms with van der Waals surface area (Å²) in [6.07, 6.45) is 0. The van der Waals surface area contributed by atoms with Crippen LogP contribution in [0.2, 0.25) is 0 Å². The second kappa shape index (κ2) is 7.54. The van der Waals surface area contributed by atoms with Crippen LogP contribution >= 0.6 is 34.0 Å². The van der Waals surface area contributed by atoms with E-state index in [4.69, 9.17) is 0 Å². The van der Waals surface area contributed by atoms with Crippen molar-refractivity contribution in [3.63, 3.8) is 0 Å². The van der Waals surface area contributed by atoms with Crippen molar-refractivity contribution in [1.29, 1.82) is 0 Å². The summed E-state index contributed by atoms with van der Waals surface area (Å²) in [5.74, 6) is 0. The number of thiophene rings is 3. The van der Waals surface area contributed by atoms with Crippen molar-refractivity contribution in [2.45, 2.75) is 0 Å². The SMILES string of the molecule is N.c1ccc2c(-c3ccc4sc5ccccc5c4c3-c3csc4ccccc34)csc2c1. The average molecular weight is 466 g/mol. The molecule has 4 aromatic carbocycles. The van der Waals surface area contributed by atoms with E-state index in [-0.39, 0.29) is 6.15 Å². The summed E-state index contributed by atoms with van der Waals surface area (Å²) in [7, 11) is 0. The van der Waals surface area contributed by atoms with Crippen molar-refractivity contribution >= 4 is 74.4 Å². The van der Waals surface area contributed by atoms with E-state index in [1.807, 2.05) is 34.0 Å². The molecule has 0 unspecified atom stereocenters. The lowest BCUT2D eigenvalue weighted by atomic mass is 9.90. The molecule has 0 saturated heterocycles. The second-order valence-electron chi connectivity index (χ2n) is 7.75. The van der Waals surface area contributed by atoms with Crippen molar-refractivity contribution < 1.29 is 0 Å². The van der Waals surface area contributed by atoms with Crippen LogP contribution in [0.3, 0.4) is 0 Å². The van der Waals surface area contributed by atoms with Crippen molar-refractivity contribution in [3.8, 4) is 22.3 Å². The first-order valence-electron chi connectivity index (χ1n) is 10.3. The first-order chi connectivity index (χ1) is 15.4. The van der Waals surface area contributed by atoms with E-state index >= 15 is 0 Å². The number of hydrogen-bond acceptors (Lipinski definition) is 4. The third kappa shape index (κ3) is 2.78. The molecule has 0 amide bonds. The summed E-state index contributed by atoms with van der Waals surface area (Å²) in [5, 5.41) is 10.1. The highest BCUT2D eigenvalue weighted by Gasteiger charge is 2.20. The van der Waals surface area contributed by atoms with E-state index in [0.717, 1.165) is 0 Å². The van der Waals surface area contributed by atoms with Gasteiger partial charge in [-0.05, 0) is 40.6 Å². The maximum absolute atomic E-state index is 2.35. The van der Waals surface area contributed by atoms with Gasteiger partial charge in [0.2, 0.25) is 0 Å². The fourth-order valence-corrected chi connectivity index (χ4v) is 7.70. The Morgan fingerprint density at radius 1 is 0.438 bits per heavy atom. The van der Waals surface area contributed by atoms with Gasteiger partial charge < -0.3 is 6.15 Å². The second-order valence-corrected chi connectivity index (χ2v) is 10.7. The molecule has 3 aromatic heterocycles. The summed E-state index contributed by atoms with van der Waals surface area (Å²) in [5.41, 5.74) is 5.39. The lowest BCUT2D eigenvalue weighted by molar-refractivity contribution is 1.74. The minimum absolute atomic E-state index is 0. The highest BCUT2D eigenvalue weighted by atomic mass is 32.1. The van der Waals surface area contributed by atoms with Gasteiger partial charge in [-0.2, -0.15) is 0 Å². The van der Waals surface area contributed by atoms with Crippen LogP contribution < -0.4 is 6.15 Å². The average Bonchev–Trinajstić information content (AvgIpc) is 3.53. The number of hydrogen-bond donors (Lipinski definition) is 1. The van der Waals surface area contributed by atoms with Gasteiger partial charge in [-0.15, -0.1) is 34.0 Å². The maximum atomic E-state index is 2.35. The van der Waals surface area contributed by atoms with Gasteiger partial charge in [-0.1, -0.05) is 60.7 Å². The first kappa shape index (κ1) is 19.6. The maximum Gasteiger partial charge on any atom is 0.0362 e. The monoisotopic (exact) mass is 465 g/mol. The minimum atomic E-state index is 0. The van der Waals surface area contributed by atoms with Crippen LogP contribution in [0.15, 0.2) is 95.7 Å². The fraction of sp³-hybridized carbons (Fsp3) is 0. The van der Waals surface area contributed by atoms with Crippen LogP contribution in [0.1, 0.15) is 0 Å². The Labute approximate surface area is 197 Å². The molecular weight excluding hydrogens is 447 g/mol. The van der Waals surface area contributed by atoms with E-state index in [1.54, 1.807) is 0 Å². The molecule has 0 atom stereocenters. The molecule has 0 aliphatic heterocycles. The number of fused-ring (bicyclic) bond motifs is 5. The van der Waals surface area contributed by atoms with Crippen LogP contribution in [0, 0.1) is 0 Å². The number of benzene rings is 4. The van der Waals surface area contributed by atoms with E-state index in [0.29, 0.717) is 0 Å². The highest BCUT2D eigenvalue weighted by Crippen LogP contribution is 2.49. The van der Waals surface area contributed by atoms with Crippen LogP contribution in [0.25, 0.3) is 62.6 Å². The fourth-order valence-electron chi connectivity index (χ4n) is 4.68. The zero-order valence-electron chi connectivity index (χ0n) is 17.2. The quantitative estimate of drug-likeness (QED) is 0.271. The predicted octanol–water partition coefficient (Wildman–Crippen LogP) is 9.98. The zero-order valence-corrected chi connectivity index (χ0v) is 19.6. The summed E-state index contributed by atoms with van der Waals surface area (Å²) in [6, 6.07) is 31.0. The van der Waals surface area contributed by atoms with E-state index in [1.165, 1.54) is 62.6 Å². The van der Waals surface area contributed by atoms with Crippen molar-refractivity contribution in [2.75, 3.05) is 0 Å². The van der Waals surface area contributed by atoms with Gasteiger partial charge >= 0.3 is 0 Å². The summed E-state index contributed by atoms with van der Waals surface area (Å²) in [4.78, 5) is 0. The normalized spacial score (nSPS) is 11.5. The third-order valence-electron chi connectivity index (χ3n) is 6.06. The highest BCUT2D eigenvalue weighted by molar-refractivity contribution is 7.26. The molecule has 0 bridgehead atoms. The summed E-state index contributed by atoms with van der Waals surface area (Å²) < 4.78 is 5.39. The molecule has 7 rings (SSSR count). The Hall–Kier alpha value is -3.02. The molecule has 3 heterocycles. The molecule has 7 aromatic rings. The molecule has 0 fully saturated rings. The van der Waals surface area contributed by atoms with Gasteiger partial charge in [0.1, 0.15) is 0 Å². The lowest BCUT2D eigenvalue weighted by Gasteiger charge is -2.12. The smallest absolute Gasteiger partial charge is 0.0362 e. The van der Waals surface area contributed by atoms with Crippen LogP contribution in [0.5, 0.6) is 0 Å². The Balaban J connectivity index is 0.00000196. The molecule has 4 heteroatoms. The summed E-state index contributed by atoms with van der Waals surface area (Å²) >= 11 is 5.57. The predicted molar refractivity (Wildman–Crippen MR) is 146 cm³/mol. The standard InChI is InChI=1S/C28H16S3.H3N/c1-4-10-23-17(7-1)21(15-29-23)19-13-14-26-28(20-9-3-6-12-25(20)31-26)27(19)22-16-30-24-11-5-2-8-18(22)24;/h1-16H;1H3. The molecule has 0 spiro atoms. The lowest BCUT2D eigenvalue weighted by Crippen LogP contribution is -1.85. The van der Waals surface area contributed by atoms with E-state index in [9.17, 15) is 0 Å². The van der Waals surface area contributed by atoms with Crippen molar-refractivity contribution in [2.24, 2.45) is 0 Å². The number of rotatable bonds is 2. The molecule has 0 saturated carbocycles. The van der Waals surface area contributed by atoms with Gasteiger partial charge in [0.25, 0.3) is 0 Å². The van der Waals surface area contributed by atoms with Gasteiger partial charge in [0.15, 0.2) is 0 Å². The van der Waals surface area contributed by atoms with Gasteiger partial charge in [-0.25, -0.2) is 0 Å².